The van der Waals surface area contributed by atoms with Gasteiger partial charge in [0.2, 0.25) is 5.89 Å². The average molecular weight is 352 g/mol. The first-order chi connectivity index (χ1) is 12.3. The van der Waals surface area contributed by atoms with Gasteiger partial charge in [-0.05, 0) is 24.3 Å². The predicted octanol–water partition coefficient (Wildman–Crippen LogP) is 3.92. The molecular weight excluding hydrogens is 336 g/mol. The second-order valence-corrected chi connectivity index (χ2v) is 6.37. The molecule has 0 atom stereocenters. The van der Waals surface area contributed by atoms with Gasteiger partial charge < -0.3 is 13.7 Å². The van der Waals surface area contributed by atoms with E-state index in [4.69, 9.17) is 9.15 Å². The van der Waals surface area contributed by atoms with E-state index in [2.05, 4.69) is 15.2 Å². The van der Waals surface area contributed by atoms with Crippen LogP contribution in [0.3, 0.4) is 0 Å². The fourth-order valence-electron chi connectivity index (χ4n) is 2.61. The number of aromatic nitrogens is 4. The molecule has 4 rings (SSSR count). The van der Waals surface area contributed by atoms with Crippen LogP contribution in [0.25, 0.3) is 22.5 Å². The van der Waals surface area contributed by atoms with E-state index in [1.807, 2.05) is 60.1 Å². The SMILES string of the molecule is COc1ccccc1-c1nnc(SCc2nc3ccccc3o2)n1C. The maximum atomic E-state index is 5.75. The van der Waals surface area contributed by atoms with Crippen molar-refractivity contribution < 1.29 is 9.15 Å². The summed E-state index contributed by atoms with van der Waals surface area (Å²) in [5, 5.41) is 9.39. The first kappa shape index (κ1) is 15.7. The second kappa shape index (κ2) is 6.60. The van der Waals surface area contributed by atoms with Crippen molar-refractivity contribution in [2.24, 2.45) is 7.05 Å². The number of methoxy groups -OCH3 is 1. The maximum absolute atomic E-state index is 5.75. The van der Waals surface area contributed by atoms with E-state index in [-0.39, 0.29) is 0 Å². The average Bonchev–Trinajstić information content (AvgIpc) is 3.23. The van der Waals surface area contributed by atoms with Crippen LogP contribution < -0.4 is 4.74 Å². The van der Waals surface area contributed by atoms with E-state index in [1.54, 1.807) is 7.11 Å². The van der Waals surface area contributed by atoms with Crippen LogP contribution in [0, 0.1) is 0 Å². The van der Waals surface area contributed by atoms with E-state index in [0.717, 1.165) is 33.4 Å². The molecule has 0 fully saturated rings. The number of oxazole rings is 1. The Labute approximate surface area is 148 Å². The van der Waals surface area contributed by atoms with E-state index < -0.39 is 0 Å². The summed E-state index contributed by atoms with van der Waals surface area (Å²) in [4.78, 5) is 4.48. The predicted molar refractivity (Wildman–Crippen MR) is 96.6 cm³/mol. The van der Waals surface area contributed by atoms with E-state index in [0.29, 0.717) is 11.6 Å². The lowest BCUT2D eigenvalue weighted by molar-refractivity contribution is 0.416. The molecule has 0 saturated heterocycles. The zero-order valence-electron chi connectivity index (χ0n) is 13.8. The molecule has 6 nitrogen and oxygen atoms in total. The van der Waals surface area contributed by atoms with Gasteiger partial charge >= 0.3 is 0 Å². The van der Waals surface area contributed by atoms with Gasteiger partial charge in [-0.3, -0.25) is 0 Å². The molecule has 2 aromatic heterocycles. The quantitative estimate of drug-likeness (QED) is 0.507. The summed E-state index contributed by atoms with van der Waals surface area (Å²) in [6.45, 7) is 0. The summed E-state index contributed by atoms with van der Waals surface area (Å²) in [5.41, 5.74) is 2.57. The number of fused-ring (bicyclic) bond motifs is 1. The highest BCUT2D eigenvalue weighted by molar-refractivity contribution is 7.98. The summed E-state index contributed by atoms with van der Waals surface area (Å²) >= 11 is 1.54. The molecule has 7 heteroatoms. The van der Waals surface area contributed by atoms with Gasteiger partial charge in [0.1, 0.15) is 11.3 Å². The minimum absolute atomic E-state index is 0.590. The summed E-state index contributed by atoms with van der Waals surface area (Å²) in [7, 11) is 3.59. The smallest absolute Gasteiger partial charge is 0.205 e. The van der Waals surface area contributed by atoms with Crippen LogP contribution in [-0.4, -0.2) is 26.9 Å². The van der Waals surface area contributed by atoms with Crippen LogP contribution in [0.4, 0.5) is 0 Å². The number of hydrogen-bond acceptors (Lipinski definition) is 6. The van der Waals surface area contributed by atoms with Crippen molar-refractivity contribution in [1.29, 1.82) is 0 Å². The van der Waals surface area contributed by atoms with Crippen LogP contribution in [0.1, 0.15) is 5.89 Å². The molecule has 0 amide bonds. The maximum Gasteiger partial charge on any atom is 0.205 e. The van der Waals surface area contributed by atoms with E-state index >= 15 is 0 Å². The minimum atomic E-state index is 0.590. The van der Waals surface area contributed by atoms with Crippen LogP contribution >= 0.6 is 11.8 Å². The van der Waals surface area contributed by atoms with Gasteiger partial charge in [-0.25, -0.2) is 4.98 Å². The first-order valence-corrected chi connectivity index (χ1v) is 8.75. The molecule has 0 saturated carbocycles. The fraction of sp³-hybridized carbons (Fsp3) is 0.167. The lowest BCUT2D eigenvalue weighted by atomic mass is 10.2. The highest BCUT2D eigenvalue weighted by Crippen LogP contribution is 2.31. The largest absolute Gasteiger partial charge is 0.496 e. The third-order valence-corrected chi connectivity index (χ3v) is 4.85. The fourth-order valence-corrected chi connectivity index (χ4v) is 3.37. The molecule has 0 N–H and O–H groups in total. The summed E-state index contributed by atoms with van der Waals surface area (Å²) in [5.74, 6) is 2.80. The van der Waals surface area contributed by atoms with Crippen LogP contribution in [-0.2, 0) is 12.8 Å². The summed E-state index contributed by atoms with van der Waals surface area (Å²) in [6.07, 6.45) is 0. The van der Waals surface area contributed by atoms with E-state index in [9.17, 15) is 0 Å². The Morgan fingerprint density at radius 3 is 2.72 bits per heavy atom. The molecular formula is C18H16N4O2S. The van der Waals surface area contributed by atoms with Crippen LogP contribution in [0.15, 0.2) is 58.1 Å². The lowest BCUT2D eigenvalue weighted by Crippen LogP contribution is -1.97. The van der Waals surface area contributed by atoms with Gasteiger partial charge in [-0.15, -0.1) is 10.2 Å². The molecule has 25 heavy (non-hydrogen) atoms. The third kappa shape index (κ3) is 2.98. The van der Waals surface area contributed by atoms with Gasteiger partial charge in [-0.2, -0.15) is 0 Å². The molecule has 0 aliphatic carbocycles. The van der Waals surface area contributed by atoms with Gasteiger partial charge in [0.15, 0.2) is 16.6 Å². The number of benzene rings is 2. The Bertz CT molecular complexity index is 992. The molecule has 2 aromatic carbocycles. The second-order valence-electron chi connectivity index (χ2n) is 5.43. The monoisotopic (exact) mass is 352 g/mol. The standard InChI is InChI=1S/C18H16N4O2S/c1-22-17(12-7-3-5-9-14(12)23-2)20-21-18(22)25-11-16-19-13-8-4-6-10-15(13)24-16/h3-10H,11H2,1-2H3. The molecule has 0 bridgehead atoms. The molecule has 0 aliphatic rings. The Morgan fingerprint density at radius 2 is 1.88 bits per heavy atom. The Kier molecular flexibility index (Phi) is 4.15. The van der Waals surface area contributed by atoms with Gasteiger partial charge in [-0.1, -0.05) is 36.0 Å². The van der Waals surface area contributed by atoms with Crippen molar-refractivity contribution in [3.63, 3.8) is 0 Å². The molecule has 0 radical (unpaired) electrons. The number of nitrogens with zero attached hydrogens (tertiary/aromatic N) is 4. The van der Waals surface area contributed by atoms with E-state index in [1.165, 1.54) is 11.8 Å². The minimum Gasteiger partial charge on any atom is -0.496 e. The highest BCUT2D eigenvalue weighted by atomic mass is 32.2. The van der Waals surface area contributed by atoms with Gasteiger partial charge in [0.05, 0.1) is 18.4 Å². The molecule has 0 aliphatic heterocycles. The van der Waals surface area contributed by atoms with Gasteiger partial charge in [0.25, 0.3) is 0 Å². The number of thioether (sulfide) groups is 1. The number of ether oxygens (including phenoxy) is 1. The van der Waals surface area contributed by atoms with Crippen molar-refractivity contribution >= 4 is 22.9 Å². The molecule has 0 unspecified atom stereocenters. The summed E-state index contributed by atoms with van der Waals surface area (Å²) in [6, 6.07) is 15.5. The Hall–Kier alpha value is -2.80. The van der Waals surface area contributed by atoms with Crippen LogP contribution in [0.2, 0.25) is 0 Å². The number of para-hydroxylation sites is 3. The normalized spacial score (nSPS) is 11.1. The third-order valence-electron chi connectivity index (χ3n) is 3.85. The van der Waals surface area contributed by atoms with Crippen LogP contribution in [0.5, 0.6) is 5.75 Å². The molecule has 126 valence electrons. The zero-order valence-corrected chi connectivity index (χ0v) is 14.7. The first-order valence-electron chi connectivity index (χ1n) is 7.76. The van der Waals surface area contributed by atoms with Crippen molar-refractivity contribution in [2.75, 3.05) is 7.11 Å². The summed E-state index contributed by atoms with van der Waals surface area (Å²) < 4.78 is 13.1. The van der Waals surface area contributed by atoms with Crippen molar-refractivity contribution in [2.45, 2.75) is 10.9 Å². The Morgan fingerprint density at radius 1 is 1.08 bits per heavy atom. The molecule has 4 aromatic rings. The highest BCUT2D eigenvalue weighted by Gasteiger charge is 2.15. The lowest BCUT2D eigenvalue weighted by Gasteiger charge is -2.07. The van der Waals surface area contributed by atoms with Crippen molar-refractivity contribution in [3.05, 3.63) is 54.4 Å². The number of hydrogen-bond donors (Lipinski definition) is 0. The zero-order chi connectivity index (χ0) is 17.2. The van der Waals surface area contributed by atoms with Crippen molar-refractivity contribution in [3.8, 4) is 17.1 Å². The van der Waals surface area contributed by atoms with Crippen molar-refractivity contribution in [1.82, 2.24) is 19.7 Å². The molecule has 2 heterocycles. The topological polar surface area (TPSA) is 66.0 Å². The Balaban J connectivity index is 1.57. The van der Waals surface area contributed by atoms with Gasteiger partial charge in [0, 0.05) is 7.05 Å². The number of rotatable bonds is 5. The molecule has 0 spiro atoms.